The van der Waals surface area contributed by atoms with Gasteiger partial charge < -0.3 is 14.6 Å². The van der Waals surface area contributed by atoms with Gasteiger partial charge in [-0.3, -0.25) is 4.68 Å². The zero-order chi connectivity index (χ0) is 29.7. The van der Waals surface area contributed by atoms with Gasteiger partial charge in [0.15, 0.2) is 0 Å². The molecular formula is C37H56N2O3. The van der Waals surface area contributed by atoms with Crippen molar-refractivity contribution in [3.63, 3.8) is 0 Å². The third kappa shape index (κ3) is 12.6. The number of hydrogen-bond donors (Lipinski definition) is 1. The molecule has 3 rings (SSSR count). The van der Waals surface area contributed by atoms with Crippen LogP contribution in [-0.2, 0) is 6.54 Å². The van der Waals surface area contributed by atoms with Gasteiger partial charge in [-0.1, -0.05) is 104 Å². The van der Waals surface area contributed by atoms with Crippen LogP contribution >= 0.6 is 0 Å². The highest BCUT2D eigenvalue weighted by Crippen LogP contribution is 2.29. The molecule has 42 heavy (non-hydrogen) atoms. The second-order valence-corrected chi connectivity index (χ2v) is 11.6. The molecule has 5 nitrogen and oxygen atoms in total. The first-order valence-electron chi connectivity index (χ1n) is 16.9. The summed E-state index contributed by atoms with van der Waals surface area (Å²) >= 11 is 0. The zero-order valence-corrected chi connectivity index (χ0v) is 26.5. The Balaban J connectivity index is 1.45. The third-order valence-corrected chi connectivity index (χ3v) is 7.93. The Labute approximate surface area is 255 Å². The van der Waals surface area contributed by atoms with Crippen LogP contribution < -0.4 is 9.47 Å². The van der Waals surface area contributed by atoms with Gasteiger partial charge in [0, 0.05) is 11.1 Å². The minimum absolute atomic E-state index is 0.0411. The molecule has 0 aliphatic rings. The van der Waals surface area contributed by atoms with Gasteiger partial charge in [-0.2, -0.15) is 5.10 Å². The van der Waals surface area contributed by atoms with Crippen LogP contribution in [0.15, 0.2) is 54.6 Å². The molecule has 1 N–H and O–H groups in total. The molecule has 0 bridgehead atoms. The van der Waals surface area contributed by atoms with E-state index in [2.05, 4.69) is 44.2 Å². The van der Waals surface area contributed by atoms with Crippen LogP contribution in [0.2, 0.25) is 0 Å². The van der Waals surface area contributed by atoms with E-state index in [-0.39, 0.29) is 6.61 Å². The van der Waals surface area contributed by atoms with E-state index in [9.17, 15) is 5.11 Å². The molecule has 2 aromatic carbocycles. The van der Waals surface area contributed by atoms with Gasteiger partial charge in [0.25, 0.3) is 0 Å². The Morgan fingerprint density at radius 3 is 1.45 bits per heavy atom. The monoisotopic (exact) mass is 576 g/mol. The van der Waals surface area contributed by atoms with Crippen LogP contribution in [0.3, 0.4) is 0 Å². The van der Waals surface area contributed by atoms with Crippen LogP contribution in [0, 0.1) is 0 Å². The molecule has 0 saturated carbocycles. The predicted molar refractivity (Wildman–Crippen MR) is 176 cm³/mol. The lowest BCUT2D eigenvalue weighted by atomic mass is 10.1. The van der Waals surface area contributed by atoms with Crippen molar-refractivity contribution in [1.82, 2.24) is 9.78 Å². The van der Waals surface area contributed by atoms with Crippen molar-refractivity contribution in [2.24, 2.45) is 0 Å². The first-order valence-corrected chi connectivity index (χ1v) is 16.9. The van der Waals surface area contributed by atoms with E-state index in [4.69, 9.17) is 14.6 Å². The van der Waals surface area contributed by atoms with E-state index < -0.39 is 0 Å². The minimum atomic E-state index is 0.0411. The lowest BCUT2D eigenvalue weighted by molar-refractivity contribution is 0.270. The molecular weight excluding hydrogens is 520 g/mol. The Morgan fingerprint density at radius 1 is 0.571 bits per heavy atom. The largest absolute Gasteiger partial charge is 0.494 e. The summed E-state index contributed by atoms with van der Waals surface area (Å²) < 4.78 is 13.9. The zero-order valence-electron chi connectivity index (χ0n) is 26.5. The van der Waals surface area contributed by atoms with Crippen molar-refractivity contribution in [2.45, 2.75) is 123 Å². The quantitative estimate of drug-likeness (QED) is 0.108. The molecule has 1 aromatic heterocycles. The highest BCUT2D eigenvalue weighted by molar-refractivity contribution is 5.69. The summed E-state index contributed by atoms with van der Waals surface area (Å²) in [7, 11) is 0. The van der Waals surface area contributed by atoms with Crippen LogP contribution in [0.25, 0.3) is 22.5 Å². The van der Waals surface area contributed by atoms with Crippen LogP contribution in [0.1, 0.15) is 117 Å². The fourth-order valence-corrected chi connectivity index (χ4v) is 5.35. The fraction of sp³-hybridized carbons (Fsp3) is 0.595. The van der Waals surface area contributed by atoms with Crippen molar-refractivity contribution in [3.8, 4) is 34.0 Å². The maximum absolute atomic E-state index is 9.65. The lowest BCUT2D eigenvalue weighted by Crippen LogP contribution is -2.05. The molecule has 0 aliphatic heterocycles. The van der Waals surface area contributed by atoms with Crippen molar-refractivity contribution >= 4 is 0 Å². The molecule has 0 amide bonds. The fourth-order valence-electron chi connectivity index (χ4n) is 5.35. The predicted octanol–water partition coefficient (Wildman–Crippen LogP) is 10.2. The molecule has 0 atom stereocenters. The van der Waals surface area contributed by atoms with Gasteiger partial charge in [-0.25, -0.2) is 0 Å². The van der Waals surface area contributed by atoms with Crippen molar-refractivity contribution < 1.29 is 14.6 Å². The average Bonchev–Trinajstić information content (AvgIpc) is 3.44. The summed E-state index contributed by atoms with van der Waals surface area (Å²) in [5.74, 6) is 1.80. The molecule has 0 spiro atoms. The second kappa shape index (κ2) is 21.0. The summed E-state index contributed by atoms with van der Waals surface area (Å²) in [6.45, 7) is 6.55. The molecule has 0 fully saturated rings. The number of aliphatic hydroxyl groups excluding tert-OH is 1. The summed E-state index contributed by atoms with van der Waals surface area (Å²) in [5.41, 5.74) is 3.98. The van der Waals surface area contributed by atoms with E-state index in [0.29, 0.717) is 6.54 Å². The van der Waals surface area contributed by atoms with Gasteiger partial charge >= 0.3 is 0 Å². The van der Waals surface area contributed by atoms with Crippen molar-refractivity contribution in [3.05, 3.63) is 54.6 Å². The first-order chi connectivity index (χ1) is 20.7. The lowest BCUT2D eigenvalue weighted by Gasteiger charge is -2.09. The van der Waals surface area contributed by atoms with Crippen LogP contribution in [0.5, 0.6) is 11.5 Å². The average molecular weight is 577 g/mol. The Kier molecular flexibility index (Phi) is 16.8. The Bertz CT molecular complexity index is 1080. The maximum atomic E-state index is 9.65. The number of benzene rings is 2. The second-order valence-electron chi connectivity index (χ2n) is 11.6. The van der Waals surface area contributed by atoms with Gasteiger partial charge in [0.2, 0.25) is 0 Å². The van der Waals surface area contributed by atoms with Gasteiger partial charge in [0.05, 0.1) is 37.8 Å². The number of aromatic nitrogens is 2. The molecule has 5 heteroatoms. The topological polar surface area (TPSA) is 56.5 Å². The van der Waals surface area contributed by atoms with Crippen molar-refractivity contribution in [2.75, 3.05) is 19.8 Å². The molecule has 1 heterocycles. The number of hydrogen-bond acceptors (Lipinski definition) is 4. The van der Waals surface area contributed by atoms with E-state index in [1.807, 2.05) is 28.9 Å². The summed E-state index contributed by atoms with van der Waals surface area (Å²) in [6.07, 6.45) is 20.8. The summed E-state index contributed by atoms with van der Waals surface area (Å²) in [4.78, 5) is 0. The third-order valence-electron chi connectivity index (χ3n) is 7.93. The summed E-state index contributed by atoms with van der Waals surface area (Å²) in [6, 6.07) is 18.5. The maximum Gasteiger partial charge on any atom is 0.119 e. The number of unbranched alkanes of at least 4 members (excludes halogenated alkanes) is 14. The standard InChI is InChI=1S/C37H56N2O3/c1-3-5-7-9-11-13-15-17-29-41-34-23-19-32(20-24-34)36-31-37(39(38-36)27-28-40)33-21-25-35(26-22-33)42-30-18-16-14-12-10-8-6-4-2/h19-26,31,40H,3-18,27-30H2,1-2H3. The normalized spacial score (nSPS) is 11.2. The van der Waals surface area contributed by atoms with E-state index in [1.54, 1.807) is 0 Å². The van der Waals surface area contributed by atoms with E-state index in [0.717, 1.165) is 60.1 Å². The molecule has 0 unspecified atom stereocenters. The van der Waals surface area contributed by atoms with E-state index >= 15 is 0 Å². The minimum Gasteiger partial charge on any atom is -0.494 e. The molecule has 0 radical (unpaired) electrons. The molecule has 0 saturated heterocycles. The molecule has 3 aromatic rings. The van der Waals surface area contributed by atoms with Crippen molar-refractivity contribution in [1.29, 1.82) is 0 Å². The van der Waals surface area contributed by atoms with E-state index in [1.165, 1.54) is 89.9 Å². The smallest absolute Gasteiger partial charge is 0.119 e. The van der Waals surface area contributed by atoms with Gasteiger partial charge in [-0.15, -0.1) is 0 Å². The highest BCUT2D eigenvalue weighted by Gasteiger charge is 2.12. The first kappa shape index (κ1) is 33.7. The van der Waals surface area contributed by atoms with Gasteiger partial charge in [-0.05, 0) is 67.4 Å². The number of rotatable bonds is 24. The number of ether oxygens (including phenoxy) is 2. The molecule has 232 valence electrons. The molecule has 0 aliphatic carbocycles. The van der Waals surface area contributed by atoms with Gasteiger partial charge in [0.1, 0.15) is 11.5 Å². The number of nitrogens with zero attached hydrogens (tertiary/aromatic N) is 2. The Hall–Kier alpha value is -2.79. The van der Waals surface area contributed by atoms with Crippen LogP contribution in [-0.4, -0.2) is 34.7 Å². The highest BCUT2D eigenvalue weighted by atomic mass is 16.5. The SMILES string of the molecule is CCCCCCCCCCOc1ccc(-c2cc(-c3ccc(OCCCCCCCCCC)cc3)n(CCO)n2)cc1. The number of aliphatic hydroxyl groups is 1. The Morgan fingerprint density at radius 2 is 1.00 bits per heavy atom. The summed E-state index contributed by atoms with van der Waals surface area (Å²) in [5, 5.41) is 14.5. The van der Waals surface area contributed by atoms with Crippen LogP contribution in [0.4, 0.5) is 0 Å².